The molecule has 5 heteroatoms. The second-order valence-electron chi connectivity index (χ2n) is 4.96. The molecule has 0 spiro atoms. The lowest BCUT2D eigenvalue weighted by molar-refractivity contribution is 0.0706. The Labute approximate surface area is 118 Å². The Morgan fingerprint density at radius 3 is 2.75 bits per heavy atom. The minimum Gasteiger partial charge on any atom is -0.395 e. The third kappa shape index (κ3) is 3.56. The molecule has 0 saturated carbocycles. The van der Waals surface area contributed by atoms with Crippen molar-refractivity contribution >= 4 is 5.91 Å². The van der Waals surface area contributed by atoms with E-state index in [4.69, 9.17) is 10.4 Å². The van der Waals surface area contributed by atoms with Gasteiger partial charge in [0.25, 0.3) is 5.91 Å². The van der Waals surface area contributed by atoms with Gasteiger partial charge in [-0.15, -0.1) is 0 Å². The fraction of sp³-hybridized carbons (Fsp3) is 0.467. The van der Waals surface area contributed by atoms with E-state index in [1.54, 1.807) is 29.2 Å². The fourth-order valence-corrected chi connectivity index (χ4v) is 2.44. The van der Waals surface area contributed by atoms with Crippen molar-refractivity contribution in [3.05, 3.63) is 35.4 Å². The molecule has 0 aliphatic carbocycles. The summed E-state index contributed by atoms with van der Waals surface area (Å²) in [6.45, 7) is 1.88. The molecule has 1 fully saturated rings. The summed E-state index contributed by atoms with van der Waals surface area (Å²) in [5.74, 6) is -0.0998. The molecule has 1 aliphatic heterocycles. The van der Waals surface area contributed by atoms with Crippen molar-refractivity contribution in [2.75, 3.05) is 26.2 Å². The maximum Gasteiger partial charge on any atom is 0.253 e. The van der Waals surface area contributed by atoms with Crippen LogP contribution in [0.1, 0.15) is 28.8 Å². The Hall–Kier alpha value is -1.90. The first-order chi connectivity index (χ1) is 9.74. The molecule has 1 atom stereocenters. The Morgan fingerprint density at radius 1 is 1.45 bits per heavy atom. The van der Waals surface area contributed by atoms with Gasteiger partial charge in [-0.05, 0) is 43.7 Å². The monoisotopic (exact) mass is 273 g/mol. The number of carbonyl (C=O) groups is 1. The summed E-state index contributed by atoms with van der Waals surface area (Å²) in [5, 5.41) is 21.2. The number of benzene rings is 1. The Morgan fingerprint density at radius 2 is 2.20 bits per heavy atom. The van der Waals surface area contributed by atoms with Gasteiger partial charge in [0.05, 0.1) is 18.2 Å². The number of hydrogen-bond acceptors (Lipinski definition) is 4. The van der Waals surface area contributed by atoms with Crippen LogP contribution >= 0.6 is 0 Å². The molecule has 1 amide bonds. The third-order valence-corrected chi connectivity index (χ3v) is 3.52. The second-order valence-corrected chi connectivity index (χ2v) is 4.96. The number of amides is 1. The molecule has 0 bridgehead atoms. The highest BCUT2D eigenvalue weighted by molar-refractivity contribution is 5.94. The maximum absolute atomic E-state index is 12.4. The lowest BCUT2D eigenvalue weighted by Gasteiger charge is -2.25. The quantitative estimate of drug-likeness (QED) is 0.830. The van der Waals surface area contributed by atoms with Crippen molar-refractivity contribution < 1.29 is 9.90 Å². The smallest absolute Gasteiger partial charge is 0.253 e. The zero-order chi connectivity index (χ0) is 14.4. The number of carbonyl (C=O) groups excluding carboxylic acids is 1. The highest BCUT2D eigenvalue weighted by Gasteiger charge is 2.22. The van der Waals surface area contributed by atoms with Gasteiger partial charge in [-0.2, -0.15) is 5.26 Å². The van der Waals surface area contributed by atoms with E-state index in [1.165, 1.54) is 0 Å². The van der Waals surface area contributed by atoms with Gasteiger partial charge < -0.3 is 15.3 Å². The molecule has 0 aromatic heterocycles. The van der Waals surface area contributed by atoms with Crippen LogP contribution in [0.5, 0.6) is 0 Å². The third-order valence-electron chi connectivity index (χ3n) is 3.52. The van der Waals surface area contributed by atoms with E-state index in [2.05, 4.69) is 5.32 Å². The minimum absolute atomic E-state index is 0.0469. The van der Waals surface area contributed by atoms with Gasteiger partial charge in [0, 0.05) is 24.7 Å². The standard InChI is InChI=1S/C15H19N3O2/c16-10-12-3-5-13(6-4-12)15(20)18(8-9-19)11-14-2-1-7-17-14/h3-6,14,17,19H,1-2,7-9,11H2. The number of nitriles is 1. The minimum atomic E-state index is -0.0998. The van der Waals surface area contributed by atoms with Gasteiger partial charge >= 0.3 is 0 Å². The Balaban J connectivity index is 2.06. The Kier molecular flexibility index (Phi) is 5.10. The van der Waals surface area contributed by atoms with Gasteiger partial charge in [0.1, 0.15) is 0 Å². The van der Waals surface area contributed by atoms with Gasteiger partial charge in [-0.3, -0.25) is 4.79 Å². The molecular weight excluding hydrogens is 254 g/mol. The molecule has 0 radical (unpaired) electrons. The average Bonchev–Trinajstić information content (AvgIpc) is 2.99. The van der Waals surface area contributed by atoms with Crippen molar-refractivity contribution in [1.29, 1.82) is 5.26 Å². The van der Waals surface area contributed by atoms with E-state index in [0.29, 0.717) is 30.3 Å². The van der Waals surface area contributed by atoms with Crippen molar-refractivity contribution in [2.24, 2.45) is 0 Å². The number of nitrogens with zero attached hydrogens (tertiary/aromatic N) is 2. The molecule has 106 valence electrons. The highest BCUT2D eigenvalue weighted by Crippen LogP contribution is 2.11. The molecule has 1 aliphatic rings. The second kappa shape index (κ2) is 7.04. The molecule has 2 rings (SSSR count). The van der Waals surface area contributed by atoms with Gasteiger partial charge in [-0.25, -0.2) is 0 Å². The summed E-state index contributed by atoms with van der Waals surface area (Å²) in [7, 11) is 0. The molecular formula is C15H19N3O2. The maximum atomic E-state index is 12.4. The molecule has 1 unspecified atom stereocenters. The van der Waals surface area contributed by atoms with E-state index in [1.807, 2.05) is 6.07 Å². The first-order valence-electron chi connectivity index (χ1n) is 6.88. The summed E-state index contributed by atoms with van der Waals surface area (Å²) in [6.07, 6.45) is 2.19. The summed E-state index contributed by atoms with van der Waals surface area (Å²) >= 11 is 0. The Bertz CT molecular complexity index is 487. The normalized spacial score (nSPS) is 17.7. The van der Waals surface area contributed by atoms with E-state index in [-0.39, 0.29) is 12.5 Å². The molecule has 20 heavy (non-hydrogen) atoms. The topological polar surface area (TPSA) is 76.4 Å². The molecule has 2 N–H and O–H groups in total. The summed E-state index contributed by atoms with van der Waals surface area (Å²) < 4.78 is 0. The van der Waals surface area contributed by atoms with E-state index >= 15 is 0 Å². The highest BCUT2D eigenvalue weighted by atomic mass is 16.3. The lowest BCUT2D eigenvalue weighted by Crippen LogP contribution is -2.42. The molecule has 1 aromatic carbocycles. The number of rotatable bonds is 5. The predicted octanol–water partition coefficient (Wildman–Crippen LogP) is 0.745. The van der Waals surface area contributed by atoms with Crippen molar-refractivity contribution in [3.63, 3.8) is 0 Å². The van der Waals surface area contributed by atoms with Crippen LogP contribution in [0.4, 0.5) is 0 Å². The van der Waals surface area contributed by atoms with Crippen molar-refractivity contribution in [3.8, 4) is 6.07 Å². The van der Waals surface area contributed by atoms with Crippen LogP contribution in [0.15, 0.2) is 24.3 Å². The molecule has 5 nitrogen and oxygen atoms in total. The lowest BCUT2D eigenvalue weighted by atomic mass is 10.1. The SMILES string of the molecule is N#Cc1ccc(C(=O)N(CCO)CC2CCCN2)cc1. The van der Waals surface area contributed by atoms with Crippen LogP contribution in [0.3, 0.4) is 0 Å². The van der Waals surface area contributed by atoms with Crippen LogP contribution in [-0.2, 0) is 0 Å². The largest absolute Gasteiger partial charge is 0.395 e. The van der Waals surface area contributed by atoms with Gasteiger partial charge in [0.2, 0.25) is 0 Å². The number of aliphatic hydroxyl groups excluding tert-OH is 1. The molecule has 1 aromatic rings. The summed E-state index contributed by atoms with van der Waals surface area (Å²) in [4.78, 5) is 14.1. The zero-order valence-corrected chi connectivity index (χ0v) is 11.4. The number of nitrogens with one attached hydrogen (secondary N) is 1. The summed E-state index contributed by atoms with van der Waals surface area (Å²) in [6, 6.07) is 8.93. The first kappa shape index (κ1) is 14.5. The van der Waals surface area contributed by atoms with Crippen molar-refractivity contribution in [1.82, 2.24) is 10.2 Å². The van der Waals surface area contributed by atoms with Crippen LogP contribution in [-0.4, -0.2) is 48.2 Å². The van der Waals surface area contributed by atoms with Gasteiger partial charge in [-0.1, -0.05) is 0 Å². The fourth-order valence-electron chi connectivity index (χ4n) is 2.44. The van der Waals surface area contributed by atoms with Crippen LogP contribution in [0.25, 0.3) is 0 Å². The molecule has 1 saturated heterocycles. The predicted molar refractivity (Wildman–Crippen MR) is 75.2 cm³/mol. The van der Waals surface area contributed by atoms with Crippen LogP contribution < -0.4 is 5.32 Å². The number of hydrogen-bond donors (Lipinski definition) is 2. The van der Waals surface area contributed by atoms with E-state index in [9.17, 15) is 4.79 Å². The van der Waals surface area contributed by atoms with E-state index in [0.717, 1.165) is 19.4 Å². The van der Waals surface area contributed by atoms with Crippen LogP contribution in [0, 0.1) is 11.3 Å². The summed E-state index contributed by atoms with van der Waals surface area (Å²) in [5.41, 5.74) is 1.09. The first-order valence-corrected chi connectivity index (χ1v) is 6.88. The van der Waals surface area contributed by atoms with Crippen molar-refractivity contribution in [2.45, 2.75) is 18.9 Å². The van der Waals surface area contributed by atoms with Crippen LogP contribution in [0.2, 0.25) is 0 Å². The number of aliphatic hydroxyl groups is 1. The van der Waals surface area contributed by atoms with Gasteiger partial charge in [0.15, 0.2) is 0 Å². The zero-order valence-electron chi connectivity index (χ0n) is 11.4. The average molecular weight is 273 g/mol. The molecule has 1 heterocycles. The van der Waals surface area contributed by atoms with E-state index < -0.39 is 0 Å².